The summed E-state index contributed by atoms with van der Waals surface area (Å²) in [6, 6.07) is 6.74. The van der Waals surface area contributed by atoms with Crippen LogP contribution in [0.1, 0.15) is 24.5 Å². The Balaban J connectivity index is 2.18. The molecule has 0 aliphatic carbocycles. The van der Waals surface area contributed by atoms with Gasteiger partial charge in [-0.05, 0) is 36.6 Å². The van der Waals surface area contributed by atoms with E-state index >= 15 is 0 Å². The molecular formula is C15H18ClN3O2. The van der Waals surface area contributed by atoms with Gasteiger partial charge in [-0.15, -0.1) is 0 Å². The van der Waals surface area contributed by atoms with E-state index in [1.807, 2.05) is 23.0 Å². The smallest absolute Gasteiger partial charge is 0.274 e. The average Bonchev–Trinajstić information content (AvgIpc) is 2.85. The van der Waals surface area contributed by atoms with Crippen LogP contribution in [0.15, 0.2) is 36.7 Å². The summed E-state index contributed by atoms with van der Waals surface area (Å²) in [6.07, 6.45) is 5.61. The van der Waals surface area contributed by atoms with Crippen LogP contribution in [0.4, 0.5) is 5.69 Å². The molecule has 1 aromatic carbocycles. The van der Waals surface area contributed by atoms with Gasteiger partial charge < -0.3 is 10.3 Å². The molecule has 0 saturated carbocycles. The van der Waals surface area contributed by atoms with Crippen LogP contribution >= 0.6 is 11.6 Å². The lowest BCUT2D eigenvalue weighted by Gasteiger charge is -2.07. The number of rotatable bonds is 6. The first kappa shape index (κ1) is 15.5. The summed E-state index contributed by atoms with van der Waals surface area (Å²) >= 11 is 5.93. The van der Waals surface area contributed by atoms with Gasteiger partial charge in [0.05, 0.1) is 17.0 Å². The van der Waals surface area contributed by atoms with Gasteiger partial charge in [-0.25, -0.2) is 0 Å². The molecule has 6 heteroatoms. The highest BCUT2D eigenvalue weighted by molar-refractivity contribution is 6.30. The lowest BCUT2D eigenvalue weighted by Crippen LogP contribution is -2.21. The van der Waals surface area contributed by atoms with Gasteiger partial charge in [0.2, 0.25) is 0 Å². The Morgan fingerprint density at radius 2 is 2.19 bits per heavy atom. The van der Waals surface area contributed by atoms with Gasteiger partial charge in [-0.1, -0.05) is 18.5 Å². The molecule has 0 aliphatic heterocycles. The van der Waals surface area contributed by atoms with Gasteiger partial charge >= 0.3 is 0 Å². The molecule has 2 N–H and O–H groups in total. The zero-order chi connectivity index (χ0) is 15.4. The zero-order valence-corrected chi connectivity index (χ0v) is 12.6. The molecule has 2 rings (SSSR count). The fourth-order valence-electron chi connectivity index (χ4n) is 2.21. The van der Waals surface area contributed by atoms with Crippen molar-refractivity contribution in [2.24, 2.45) is 5.73 Å². The van der Waals surface area contributed by atoms with Crippen molar-refractivity contribution in [3.05, 3.63) is 62.9 Å². The van der Waals surface area contributed by atoms with Crippen molar-refractivity contribution >= 4 is 17.3 Å². The Kier molecular flexibility index (Phi) is 4.98. The van der Waals surface area contributed by atoms with E-state index in [0.717, 1.165) is 18.4 Å². The minimum absolute atomic E-state index is 0.0832. The van der Waals surface area contributed by atoms with Crippen molar-refractivity contribution in [1.29, 1.82) is 0 Å². The first-order valence-corrected chi connectivity index (χ1v) is 7.20. The Morgan fingerprint density at radius 1 is 1.43 bits per heavy atom. The van der Waals surface area contributed by atoms with E-state index < -0.39 is 0 Å². The highest BCUT2D eigenvalue weighted by Crippen LogP contribution is 2.24. The molecule has 1 unspecified atom stereocenters. The highest BCUT2D eigenvalue weighted by atomic mass is 35.5. The Labute approximate surface area is 128 Å². The number of nitro groups is 1. The van der Waals surface area contributed by atoms with Crippen LogP contribution in [0.5, 0.6) is 0 Å². The molecule has 0 spiro atoms. The quantitative estimate of drug-likeness (QED) is 0.656. The Hall–Kier alpha value is -1.85. The molecule has 112 valence electrons. The monoisotopic (exact) mass is 307 g/mol. The molecule has 1 heterocycles. The number of nitro benzene ring substituents is 1. The highest BCUT2D eigenvalue weighted by Gasteiger charge is 2.14. The lowest BCUT2D eigenvalue weighted by atomic mass is 10.1. The number of nitrogens with two attached hydrogens (primary N) is 1. The normalized spacial score (nSPS) is 12.3. The van der Waals surface area contributed by atoms with Crippen LogP contribution in [0.2, 0.25) is 5.02 Å². The maximum Gasteiger partial charge on any atom is 0.274 e. The van der Waals surface area contributed by atoms with E-state index in [1.54, 1.807) is 6.07 Å². The maximum absolute atomic E-state index is 11.0. The summed E-state index contributed by atoms with van der Waals surface area (Å²) in [5.74, 6) is 0. The summed E-state index contributed by atoms with van der Waals surface area (Å²) in [5.41, 5.74) is 7.74. The van der Waals surface area contributed by atoms with Crippen molar-refractivity contribution in [2.75, 3.05) is 0 Å². The standard InChI is InChI=1S/C15H18ClN3O2/c1-2-14(17)7-11-5-6-18(9-11)10-12-8-13(16)3-4-15(12)19(20)21/h3-6,8-9,14H,2,7,10,17H2,1H3. The third-order valence-electron chi connectivity index (χ3n) is 3.43. The number of hydrogen-bond acceptors (Lipinski definition) is 3. The first-order valence-electron chi connectivity index (χ1n) is 6.82. The van der Waals surface area contributed by atoms with E-state index in [0.29, 0.717) is 17.1 Å². The van der Waals surface area contributed by atoms with E-state index in [9.17, 15) is 10.1 Å². The van der Waals surface area contributed by atoms with Crippen molar-refractivity contribution < 1.29 is 4.92 Å². The minimum atomic E-state index is -0.386. The van der Waals surface area contributed by atoms with Crippen molar-refractivity contribution in [3.8, 4) is 0 Å². The van der Waals surface area contributed by atoms with Gasteiger partial charge in [-0.3, -0.25) is 10.1 Å². The third-order valence-corrected chi connectivity index (χ3v) is 3.66. The van der Waals surface area contributed by atoms with Crippen LogP contribution in [0.3, 0.4) is 0 Å². The predicted molar refractivity (Wildman–Crippen MR) is 83.6 cm³/mol. The fraction of sp³-hybridized carbons (Fsp3) is 0.333. The van der Waals surface area contributed by atoms with Crippen molar-refractivity contribution in [3.63, 3.8) is 0 Å². The first-order chi connectivity index (χ1) is 9.99. The summed E-state index contributed by atoms with van der Waals surface area (Å²) in [7, 11) is 0. The molecule has 21 heavy (non-hydrogen) atoms. The zero-order valence-electron chi connectivity index (χ0n) is 11.8. The molecule has 0 aliphatic rings. The summed E-state index contributed by atoms with van der Waals surface area (Å²) in [4.78, 5) is 10.7. The largest absolute Gasteiger partial charge is 0.349 e. The summed E-state index contributed by atoms with van der Waals surface area (Å²) in [6.45, 7) is 2.47. The average molecular weight is 308 g/mol. The SMILES string of the molecule is CCC(N)Cc1ccn(Cc2cc(Cl)ccc2[N+](=O)[O-])c1. The topological polar surface area (TPSA) is 74.1 Å². The molecule has 0 amide bonds. The van der Waals surface area contributed by atoms with E-state index in [2.05, 4.69) is 6.92 Å². The number of halogens is 1. The van der Waals surface area contributed by atoms with Crippen LogP contribution < -0.4 is 5.73 Å². The number of benzene rings is 1. The van der Waals surface area contributed by atoms with Gasteiger partial charge in [-0.2, -0.15) is 0 Å². The van der Waals surface area contributed by atoms with Gasteiger partial charge in [0.15, 0.2) is 0 Å². The van der Waals surface area contributed by atoms with Gasteiger partial charge in [0, 0.05) is 29.5 Å². The van der Waals surface area contributed by atoms with Crippen LogP contribution in [-0.2, 0) is 13.0 Å². The fourth-order valence-corrected chi connectivity index (χ4v) is 2.41. The molecule has 0 fully saturated rings. The summed E-state index contributed by atoms with van der Waals surface area (Å²) in [5, 5.41) is 11.5. The maximum atomic E-state index is 11.0. The lowest BCUT2D eigenvalue weighted by molar-refractivity contribution is -0.385. The molecule has 1 atom stereocenters. The molecule has 0 bridgehead atoms. The molecular weight excluding hydrogens is 290 g/mol. The van der Waals surface area contributed by atoms with E-state index in [1.165, 1.54) is 12.1 Å². The minimum Gasteiger partial charge on any atom is -0.349 e. The summed E-state index contributed by atoms with van der Waals surface area (Å²) < 4.78 is 1.91. The second-order valence-electron chi connectivity index (χ2n) is 5.09. The van der Waals surface area contributed by atoms with Crippen LogP contribution in [0, 0.1) is 10.1 Å². The number of hydrogen-bond donors (Lipinski definition) is 1. The molecule has 2 aromatic rings. The van der Waals surface area contributed by atoms with Crippen LogP contribution in [-0.4, -0.2) is 15.5 Å². The molecule has 0 radical (unpaired) electrons. The van der Waals surface area contributed by atoms with Gasteiger partial charge in [0.25, 0.3) is 5.69 Å². The number of aromatic nitrogens is 1. The van der Waals surface area contributed by atoms with E-state index in [-0.39, 0.29) is 16.7 Å². The predicted octanol–water partition coefficient (Wildman–Crippen LogP) is 3.38. The van der Waals surface area contributed by atoms with Crippen molar-refractivity contribution in [2.45, 2.75) is 32.4 Å². The van der Waals surface area contributed by atoms with Crippen molar-refractivity contribution in [1.82, 2.24) is 4.57 Å². The number of nitrogens with zero attached hydrogens (tertiary/aromatic N) is 2. The molecule has 0 saturated heterocycles. The second kappa shape index (κ2) is 6.74. The molecule has 5 nitrogen and oxygen atoms in total. The van der Waals surface area contributed by atoms with Gasteiger partial charge in [0.1, 0.15) is 0 Å². The Morgan fingerprint density at radius 3 is 2.86 bits per heavy atom. The Bertz CT molecular complexity index is 640. The van der Waals surface area contributed by atoms with E-state index in [4.69, 9.17) is 17.3 Å². The third kappa shape index (κ3) is 4.06. The second-order valence-corrected chi connectivity index (χ2v) is 5.53. The van der Waals surface area contributed by atoms with Crippen LogP contribution in [0.25, 0.3) is 0 Å². The molecule has 1 aromatic heterocycles.